The molecule has 3 aromatic rings. The van der Waals surface area contributed by atoms with E-state index in [0.717, 1.165) is 26.1 Å². The molecule has 3 saturated heterocycles. The Morgan fingerprint density at radius 1 is 1.26 bits per heavy atom. The highest BCUT2D eigenvalue weighted by Gasteiger charge is 2.40. The Bertz CT molecular complexity index is 1410. The molecule has 3 aliphatic rings. The number of carbonyl (C=O) groups excluding carboxylic acids is 1. The van der Waals surface area contributed by atoms with Crippen LogP contribution in [0.15, 0.2) is 48.8 Å². The monoisotopic (exact) mass is 552 g/mol. The molecule has 3 aliphatic heterocycles. The minimum atomic E-state index is -0.505. The highest BCUT2D eigenvalue weighted by molar-refractivity contribution is 6.31. The third kappa shape index (κ3) is 5.69. The fourth-order valence-corrected chi connectivity index (χ4v) is 5.70. The van der Waals surface area contributed by atoms with Crippen LogP contribution in [0.4, 0.5) is 21.6 Å². The lowest BCUT2D eigenvalue weighted by Gasteiger charge is -2.30. The van der Waals surface area contributed by atoms with Crippen molar-refractivity contribution in [2.24, 2.45) is 0 Å². The molecule has 4 heterocycles. The number of likely N-dealkylation sites (N-methyl/N-ethyl adjacent to an activating group) is 1. The Morgan fingerprint density at radius 3 is 2.90 bits per heavy atom. The summed E-state index contributed by atoms with van der Waals surface area (Å²) in [5.41, 5.74) is 1.69. The molecule has 9 nitrogen and oxygen atoms in total. The number of nitrogens with zero attached hydrogens (tertiary/aromatic N) is 4. The fourth-order valence-electron chi connectivity index (χ4n) is 5.52. The fraction of sp³-hybridized carbons (Fsp3) is 0.393. The van der Waals surface area contributed by atoms with E-state index in [-0.39, 0.29) is 17.0 Å². The number of ether oxygens (including phenoxy) is 2. The zero-order valence-electron chi connectivity index (χ0n) is 21.6. The highest BCUT2D eigenvalue weighted by Crippen LogP contribution is 2.35. The Hall–Kier alpha value is -3.31. The number of likely N-dealkylation sites (tertiary alicyclic amines) is 2. The van der Waals surface area contributed by atoms with Crippen LogP contribution < -0.4 is 15.4 Å². The van der Waals surface area contributed by atoms with E-state index in [4.69, 9.17) is 21.1 Å². The SMILES string of the molecule is CN1CC2CC1CN2C/C=C/C(=O)Nc1cc2c(Nc3ccc(F)c(Cl)c3)ncnc2cc1O[C@H]1CCOC1. The molecule has 11 heteroatoms. The van der Waals surface area contributed by atoms with Gasteiger partial charge in [0.2, 0.25) is 5.91 Å². The Balaban J connectivity index is 1.23. The predicted octanol–water partition coefficient (Wildman–Crippen LogP) is 4.22. The number of halogens is 2. The van der Waals surface area contributed by atoms with Crippen LogP contribution in [0.25, 0.3) is 10.9 Å². The van der Waals surface area contributed by atoms with Gasteiger partial charge >= 0.3 is 0 Å². The van der Waals surface area contributed by atoms with Crippen molar-refractivity contribution in [3.63, 3.8) is 0 Å². The number of piperazine rings is 1. The number of carbonyl (C=O) groups is 1. The molecule has 2 aromatic carbocycles. The van der Waals surface area contributed by atoms with E-state index in [9.17, 15) is 9.18 Å². The Kier molecular flexibility index (Phi) is 7.35. The minimum Gasteiger partial charge on any atom is -0.486 e. The van der Waals surface area contributed by atoms with Crippen molar-refractivity contribution in [2.45, 2.75) is 31.0 Å². The smallest absolute Gasteiger partial charge is 0.248 e. The van der Waals surface area contributed by atoms with Gasteiger partial charge in [-0.25, -0.2) is 14.4 Å². The van der Waals surface area contributed by atoms with Gasteiger partial charge in [0.15, 0.2) is 0 Å². The van der Waals surface area contributed by atoms with Crippen LogP contribution in [-0.2, 0) is 9.53 Å². The molecule has 0 saturated carbocycles. The van der Waals surface area contributed by atoms with Crippen LogP contribution in [0.3, 0.4) is 0 Å². The maximum absolute atomic E-state index is 13.6. The molecule has 0 aliphatic carbocycles. The summed E-state index contributed by atoms with van der Waals surface area (Å²) in [7, 11) is 2.17. The van der Waals surface area contributed by atoms with Crippen LogP contribution in [0, 0.1) is 5.82 Å². The summed E-state index contributed by atoms with van der Waals surface area (Å²) in [6.45, 7) is 3.98. The van der Waals surface area contributed by atoms with Gasteiger partial charge in [0.1, 0.15) is 29.8 Å². The van der Waals surface area contributed by atoms with E-state index in [1.807, 2.05) is 6.08 Å². The van der Waals surface area contributed by atoms with Gasteiger partial charge in [0.25, 0.3) is 0 Å². The van der Waals surface area contributed by atoms with E-state index in [1.165, 1.54) is 24.9 Å². The van der Waals surface area contributed by atoms with E-state index >= 15 is 0 Å². The third-order valence-electron chi connectivity index (χ3n) is 7.60. The molecular formula is C28H30ClFN6O3. The molecule has 0 radical (unpaired) electrons. The van der Waals surface area contributed by atoms with E-state index in [0.29, 0.717) is 59.1 Å². The number of anilines is 3. The number of amides is 1. The summed E-state index contributed by atoms with van der Waals surface area (Å²) in [6.07, 6.45) is 6.77. The zero-order chi connectivity index (χ0) is 26.9. The molecule has 1 aromatic heterocycles. The summed E-state index contributed by atoms with van der Waals surface area (Å²) < 4.78 is 25.3. The molecule has 3 atom stereocenters. The van der Waals surface area contributed by atoms with E-state index < -0.39 is 5.82 Å². The number of rotatable bonds is 8. The number of hydrogen-bond acceptors (Lipinski definition) is 8. The average molecular weight is 553 g/mol. The summed E-state index contributed by atoms with van der Waals surface area (Å²) >= 11 is 5.96. The van der Waals surface area contributed by atoms with Gasteiger partial charge in [-0.05, 0) is 37.7 Å². The average Bonchev–Trinajstić information content (AvgIpc) is 3.65. The molecule has 3 fully saturated rings. The third-order valence-corrected chi connectivity index (χ3v) is 7.89. The summed E-state index contributed by atoms with van der Waals surface area (Å²) in [6, 6.07) is 9.09. The summed E-state index contributed by atoms with van der Waals surface area (Å²) in [4.78, 5) is 26.6. The molecule has 2 N–H and O–H groups in total. The van der Waals surface area contributed by atoms with Crippen molar-refractivity contribution in [1.29, 1.82) is 0 Å². The maximum Gasteiger partial charge on any atom is 0.248 e. The lowest BCUT2D eigenvalue weighted by molar-refractivity contribution is -0.111. The number of fused-ring (bicyclic) bond motifs is 3. The first-order chi connectivity index (χ1) is 18.9. The summed E-state index contributed by atoms with van der Waals surface area (Å²) in [5, 5.41) is 6.81. The zero-order valence-corrected chi connectivity index (χ0v) is 22.3. The van der Waals surface area contributed by atoms with Crippen molar-refractivity contribution < 1.29 is 18.7 Å². The van der Waals surface area contributed by atoms with Crippen LogP contribution >= 0.6 is 11.6 Å². The van der Waals surface area contributed by atoms with Crippen molar-refractivity contribution in [3.8, 4) is 5.75 Å². The normalized spacial score (nSPS) is 23.2. The molecule has 2 bridgehead atoms. The number of nitrogens with one attached hydrogen (secondary N) is 2. The molecule has 2 unspecified atom stereocenters. The second-order valence-corrected chi connectivity index (χ2v) is 10.7. The second kappa shape index (κ2) is 11.1. The maximum atomic E-state index is 13.6. The highest BCUT2D eigenvalue weighted by atomic mass is 35.5. The van der Waals surface area contributed by atoms with Gasteiger partial charge in [0.05, 0.1) is 29.4 Å². The van der Waals surface area contributed by atoms with Crippen molar-refractivity contribution in [3.05, 3.63) is 59.7 Å². The first-order valence-electron chi connectivity index (χ1n) is 13.1. The van der Waals surface area contributed by atoms with Crippen LogP contribution in [0.2, 0.25) is 5.02 Å². The largest absolute Gasteiger partial charge is 0.486 e. The van der Waals surface area contributed by atoms with Crippen molar-refractivity contribution in [1.82, 2.24) is 19.8 Å². The lowest BCUT2D eigenvalue weighted by atomic mass is 10.1. The number of benzene rings is 2. The van der Waals surface area contributed by atoms with Gasteiger partial charge in [0, 0.05) is 61.4 Å². The topological polar surface area (TPSA) is 91.9 Å². The van der Waals surface area contributed by atoms with Gasteiger partial charge in [-0.2, -0.15) is 0 Å². The van der Waals surface area contributed by atoms with Crippen LogP contribution in [0.5, 0.6) is 5.75 Å². The first-order valence-corrected chi connectivity index (χ1v) is 13.5. The van der Waals surface area contributed by atoms with Gasteiger partial charge < -0.3 is 25.0 Å². The van der Waals surface area contributed by atoms with Crippen molar-refractivity contribution in [2.75, 3.05) is 50.5 Å². The van der Waals surface area contributed by atoms with Gasteiger partial charge in [-0.15, -0.1) is 0 Å². The quantitative estimate of drug-likeness (QED) is 0.402. The molecule has 0 spiro atoms. The van der Waals surface area contributed by atoms with E-state index in [1.54, 1.807) is 24.3 Å². The van der Waals surface area contributed by atoms with Crippen molar-refractivity contribution >= 4 is 45.6 Å². The van der Waals surface area contributed by atoms with Crippen LogP contribution in [-0.4, -0.2) is 83.8 Å². The minimum absolute atomic E-state index is 0.00125. The number of aromatic nitrogens is 2. The number of hydrogen-bond donors (Lipinski definition) is 2. The molecule has 1 amide bonds. The molecule has 6 rings (SSSR count). The first kappa shape index (κ1) is 25.9. The second-order valence-electron chi connectivity index (χ2n) is 10.3. The van der Waals surface area contributed by atoms with Gasteiger partial charge in [-0.3, -0.25) is 9.69 Å². The van der Waals surface area contributed by atoms with E-state index in [2.05, 4.69) is 37.4 Å². The lowest BCUT2D eigenvalue weighted by Crippen LogP contribution is -2.44. The van der Waals surface area contributed by atoms with Gasteiger partial charge in [-0.1, -0.05) is 17.7 Å². The standard InChI is InChI=1S/C28H30ClFN6O3/c1-35-13-19-10-18(35)14-36(19)7-2-3-27(37)34-25-11-21-24(12-26(25)39-20-6-8-38-15-20)31-16-32-28(21)33-17-4-5-23(30)22(29)9-17/h2-5,9,11-12,16,18-20H,6-8,10,13-15H2,1H3,(H,34,37)(H,31,32,33)/b3-2+/t18?,19?,20-/m0/s1. The van der Waals surface area contributed by atoms with Crippen LogP contribution in [0.1, 0.15) is 12.8 Å². The Morgan fingerprint density at radius 2 is 2.15 bits per heavy atom. The molecular weight excluding hydrogens is 523 g/mol. The predicted molar refractivity (Wildman–Crippen MR) is 148 cm³/mol. The molecule has 39 heavy (non-hydrogen) atoms. The summed E-state index contributed by atoms with van der Waals surface area (Å²) in [5.74, 6) is 0.239. The molecule has 204 valence electrons. The Labute approximate surface area is 230 Å².